The molecule has 0 aromatic heterocycles. The standard InChI is InChI=1S/C11H13N3/c1-14(11-7-13-8-11)10-4-2-3-9(5-10)6-12/h2-5,11,13H,7-8H2,1H3. The van der Waals surface area contributed by atoms with E-state index in [1.54, 1.807) is 0 Å². The number of nitrogens with zero attached hydrogens (tertiary/aromatic N) is 2. The Kier molecular flexibility index (Phi) is 2.38. The van der Waals surface area contributed by atoms with Gasteiger partial charge in [0.2, 0.25) is 0 Å². The van der Waals surface area contributed by atoms with Crippen molar-refractivity contribution in [3.05, 3.63) is 29.8 Å². The van der Waals surface area contributed by atoms with Crippen LogP contribution in [-0.2, 0) is 0 Å². The number of benzene rings is 1. The Bertz CT molecular complexity index is 363. The molecule has 72 valence electrons. The molecule has 0 radical (unpaired) electrons. The first-order valence-corrected chi connectivity index (χ1v) is 4.75. The van der Waals surface area contributed by atoms with Gasteiger partial charge in [-0.3, -0.25) is 0 Å². The van der Waals surface area contributed by atoms with E-state index in [0.29, 0.717) is 6.04 Å². The van der Waals surface area contributed by atoms with E-state index < -0.39 is 0 Å². The lowest BCUT2D eigenvalue weighted by molar-refractivity contribution is 0.429. The molecule has 1 aromatic rings. The van der Waals surface area contributed by atoms with E-state index in [2.05, 4.69) is 23.3 Å². The van der Waals surface area contributed by atoms with Crippen molar-refractivity contribution < 1.29 is 0 Å². The van der Waals surface area contributed by atoms with E-state index in [-0.39, 0.29) is 0 Å². The lowest BCUT2D eigenvalue weighted by Gasteiger charge is -2.37. The van der Waals surface area contributed by atoms with Crippen LogP contribution in [0.15, 0.2) is 24.3 Å². The predicted octanol–water partition coefficient (Wildman–Crippen LogP) is 0.966. The molecule has 3 nitrogen and oxygen atoms in total. The molecule has 0 atom stereocenters. The zero-order chi connectivity index (χ0) is 9.97. The number of nitriles is 1. The van der Waals surface area contributed by atoms with Crippen molar-refractivity contribution in [3.63, 3.8) is 0 Å². The molecular formula is C11H13N3. The van der Waals surface area contributed by atoms with Gasteiger partial charge >= 0.3 is 0 Å². The summed E-state index contributed by atoms with van der Waals surface area (Å²) in [5.74, 6) is 0. The molecule has 3 heteroatoms. The van der Waals surface area contributed by atoms with Crippen LogP contribution in [0.3, 0.4) is 0 Å². The predicted molar refractivity (Wildman–Crippen MR) is 56.2 cm³/mol. The van der Waals surface area contributed by atoms with Gasteiger partial charge in [-0.15, -0.1) is 0 Å². The maximum Gasteiger partial charge on any atom is 0.0992 e. The van der Waals surface area contributed by atoms with Gasteiger partial charge in [0.1, 0.15) is 0 Å². The van der Waals surface area contributed by atoms with Gasteiger partial charge < -0.3 is 10.2 Å². The van der Waals surface area contributed by atoms with Gasteiger partial charge in [-0.05, 0) is 18.2 Å². The van der Waals surface area contributed by atoms with E-state index >= 15 is 0 Å². The fourth-order valence-corrected chi connectivity index (χ4v) is 1.55. The largest absolute Gasteiger partial charge is 0.369 e. The van der Waals surface area contributed by atoms with Crippen molar-refractivity contribution in [1.82, 2.24) is 5.32 Å². The van der Waals surface area contributed by atoms with Crippen molar-refractivity contribution in [2.24, 2.45) is 0 Å². The summed E-state index contributed by atoms with van der Waals surface area (Å²) in [6.07, 6.45) is 0. The van der Waals surface area contributed by atoms with Crippen LogP contribution in [0, 0.1) is 11.3 Å². The molecule has 0 bridgehead atoms. The fraction of sp³-hybridized carbons (Fsp3) is 0.364. The minimum Gasteiger partial charge on any atom is -0.369 e. The second-order valence-electron chi connectivity index (χ2n) is 3.59. The first-order chi connectivity index (χ1) is 6.81. The molecular weight excluding hydrogens is 174 g/mol. The van der Waals surface area contributed by atoms with Crippen LogP contribution in [0.1, 0.15) is 5.56 Å². The minimum atomic E-state index is 0.573. The number of nitrogens with one attached hydrogen (secondary N) is 1. The molecule has 1 heterocycles. The number of anilines is 1. The van der Waals surface area contributed by atoms with E-state index in [9.17, 15) is 0 Å². The van der Waals surface area contributed by atoms with Crippen molar-refractivity contribution in [3.8, 4) is 6.07 Å². The van der Waals surface area contributed by atoms with Gasteiger partial charge in [0.15, 0.2) is 0 Å². The summed E-state index contributed by atoms with van der Waals surface area (Å²) in [6.45, 7) is 2.07. The first-order valence-electron chi connectivity index (χ1n) is 4.75. The van der Waals surface area contributed by atoms with Gasteiger partial charge in [-0.1, -0.05) is 6.07 Å². The average molecular weight is 187 g/mol. The third kappa shape index (κ3) is 1.57. The SMILES string of the molecule is CN(c1cccc(C#N)c1)C1CNC1. The van der Waals surface area contributed by atoms with Crippen LogP contribution in [-0.4, -0.2) is 26.2 Å². The van der Waals surface area contributed by atoms with Crippen LogP contribution in [0.4, 0.5) is 5.69 Å². The zero-order valence-electron chi connectivity index (χ0n) is 8.20. The van der Waals surface area contributed by atoms with Crippen LogP contribution >= 0.6 is 0 Å². The lowest BCUT2D eigenvalue weighted by atomic mass is 10.1. The summed E-state index contributed by atoms with van der Waals surface area (Å²) in [5, 5.41) is 12.0. The summed E-state index contributed by atoms with van der Waals surface area (Å²) < 4.78 is 0. The van der Waals surface area contributed by atoms with Crippen molar-refractivity contribution in [1.29, 1.82) is 5.26 Å². The average Bonchev–Trinajstić information content (AvgIpc) is 2.15. The number of rotatable bonds is 2. The molecule has 0 aliphatic carbocycles. The van der Waals surface area contributed by atoms with E-state index in [1.165, 1.54) is 0 Å². The fourth-order valence-electron chi connectivity index (χ4n) is 1.55. The van der Waals surface area contributed by atoms with Crippen LogP contribution in [0.2, 0.25) is 0 Å². The third-order valence-corrected chi connectivity index (χ3v) is 2.69. The Labute approximate surface area is 84.0 Å². The van der Waals surface area contributed by atoms with Crippen molar-refractivity contribution in [2.45, 2.75) is 6.04 Å². The Morgan fingerprint density at radius 2 is 2.29 bits per heavy atom. The normalized spacial score (nSPS) is 15.7. The zero-order valence-corrected chi connectivity index (χ0v) is 8.20. The Morgan fingerprint density at radius 1 is 1.50 bits per heavy atom. The Morgan fingerprint density at radius 3 is 2.86 bits per heavy atom. The molecule has 0 unspecified atom stereocenters. The van der Waals surface area contributed by atoms with Gasteiger partial charge in [-0.2, -0.15) is 5.26 Å². The molecule has 1 saturated heterocycles. The molecule has 1 fully saturated rings. The molecule has 1 N–H and O–H groups in total. The van der Waals surface area contributed by atoms with Crippen LogP contribution < -0.4 is 10.2 Å². The quantitative estimate of drug-likeness (QED) is 0.749. The van der Waals surface area contributed by atoms with E-state index in [0.717, 1.165) is 24.3 Å². The van der Waals surface area contributed by atoms with Crippen molar-refractivity contribution >= 4 is 5.69 Å². The minimum absolute atomic E-state index is 0.573. The highest BCUT2D eigenvalue weighted by Gasteiger charge is 2.21. The van der Waals surface area contributed by atoms with Crippen LogP contribution in [0.25, 0.3) is 0 Å². The van der Waals surface area contributed by atoms with Crippen LogP contribution in [0.5, 0.6) is 0 Å². The van der Waals surface area contributed by atoms with Gasteiger partial charge in [0, 0.05) is 25.8 Å². The smallest absolute Gasteiger partial charge is 0.0992 e. The number of hydrogen-bond donors (Lipinski definition) is 1. The molecule has 0 saturated carbocycles. The second-order valence-corrected chi connectivity index (χ2v) is 3.59. The summed E-state index contributed by atoms with van der Waals surface area (Å²) in [6, 6.07) is 10.5. The Hall–Kier alpha value is -1.53. The Balaban J connectivity index is 2.18. The highest BCUT2D eigenvalue weighted by Crippen LogP contribution is 2.18. The summed E-state index contributed by atoms with van der Waals surface area (Å²) in [4.78, 5) is 2.22. The maximum atomic E-state index is 8.77. The summed E-state index contributed by atoms with van der Waals surface area (Å²) in [7, 11) is 2.07. The van der Waals surface area contributed by atoms with E-state index in [1.807, 2.05) is 24.3 Å². The third-order valence-electron chi connectivity index (χ3n) is 2.69. The number of hydrogen-bond acceptors (Lipinski definition) is 3. The molecule has 1 aliphatic heterocycles. The molecule has 1 aliphatic rings. The summed E-state index contributed by atoms with van der Waals surface area (Å²) >= 11 is 0. The van der Waals surface area contributed by atoms with Gasteiger partial charge in [-0.25, -0.2) is 0 Å². The van der Waals surface area contributed by atoms with E-state index in [4.69, 9.17) is 5.26 Å². The lowest BCUT2D eigenvalue weighted by Crippen LogP contribution is -2.56. The topological polar surface area (TPSA) is 39.1 Å². The maximum absolute atomic E-state index is 8.77. The molecule has 14 heavy (non-hydrogen) atoms. The molecule has 1 aromatic carbocycles. The van der Waals surface area contributed by atoms with Gasteiger partial charge in [0.25, 0.3) is 0 Å². The monoisotopic (exact) mass is 187 g/mol. The number of likely N-dealkylation sites (N-methyl/N-ethyl adjacent to an activating group) is 1. The molecule has 2 rings (SSSR count). The van der Waals surface area contributed by atoms with Gasteiger partial charge in [0.05, 0.1) is 17.7 Å². The molecule has 0 amide bonds. The van der Waals surface area contributed by atoms with Crippen molar-refractivity contribution in [2.75, 3.05) is 25.0 Å². The second kappa shape index (κ2) is 3.69. The highest BCUT2D eigenvalue weighted by atomic mass is 15.2. The molecule has 0 spiro atoms. The first kappa shape index (κ1) is 9.04. The summed E-state index contributed by atoms with van der Waals surface area (Å²) in [5.41, 5.74) is 1.84. The highest BCUT2D eigenvalue weighted by molar-refractivity contribution is 5.52.